The standard InChI is InChI=1S/C6H8N2S/c1-9-8-6-3-2-4-7-5-6/h2-5,8H,1H3. The van der Waals surface area contributed by atoms with E-state index in [1.54, 1.807) is 24.3 Å². The lowest BCUT2D eigenvalue weighted by Crippen LogP contribution is -1.83. The van der Waals surface area contributed by atoms with Crippen LogP contribution in [0.1, 0.15) is 0 Å². The molecule has 1 aromatic heterocycles. The predicted molar refractivity (Wildman–Crippen MR) is 41.4 cm³/mol. The first kappa shape index (κ1) is 6.42. The van der Waals surface area contributed by atoms with Gasteiger partial charge in [-0.3, -0.25) is 4.98 Å². The van der Waals surface area contributed by atoms with Crippen LogP contribution in [-0.4, -0.2) is 11.2 Å². The third-order valence-electron chi connectivity index (χ3n) is 0.881. The third kappa shape index (κ3) is 1.93. The molecule has 1 heterocycles. The molecule has 0 aromatic carbocycles. The van der Waals surface area contributed by atoms with E-state index in [0.29, 0.717) is 0 Å². The van der Waals surface area contributed by atoms with Crippen LogP contribution in [0.2, 0.25) is 0 Å². The van der Waals surface area contributed by atoms with Crippen molar-refractivity contribution in [2.45, 2.75) is 0 Å². The van der Waals surface area contributed by atoms with Crippen LogP contribution in [0.25, 0.3) is 0 Å². The summed E-state index contributed by atoms with van der Waals surface area (Å²) in [5.74, 6) is 0. The van der Waals surface area contributed by atoms with Crippen LogP contribution in [-0.2, 0) is 0 Å². The van der Waals surface area contributed by atoms with E-state index in [2.05, 4.69) is 9.71 Å². The Hall–Kier alpha value is -0.700. The topological polar surface area (TPSA) is 24.9 Å². The van der Waals surface area contributed by atoms with Gasteiger partial charge in [0.15, 0.2) is 0 Å². The van der Waals surface area contributed by atoms with Crippen molar-refractivity contribution >= 4 is 17.6 Å². The lowest BCUT2D eigenvalue weighted by atomic mass is 10.4. The van der Waals surface area contributed by atoms with Crippen molar-refractivity contribution in [2.75, 3.05) is 11.0 Å². The molecule has 0 radical (unpaired) electrons. The van der Waals surface area contributed by atoms with Gasteiger partial charge in [-0.15, -0.1) is 0 Å². The molecule has 0 bridgehead atoms. The summed E-state index contributed by atoms with van der Waals surface area (Å²) < 4.78 is 3.06. The summed E-state index contributed by atoms with van der Waals surface area (Å²) in [6, 6.07) is 3.88. The molecule has 0 aliphatic rings. The average Bonchev–Trinajstić information content (AvgIpc) is 1.91. The molecule has 0 amide bonds. The number of nitrogens with zero attached hydrogens (tertiary/aromatic N) is 1. The fourth-order valence-corrected chi connectivity index (χ4v) is 0.897. The van der Waals surface area contributed by atoms with Crippen molar-refractivity contribution in [3.8, 4) is 0 Å². The summed E-state index contributed by atoms with van der Waals surface area (Å²) >= 11 is 1.56. The number of hydrogen-bond acceptors (Lipinski definition) is 3. The van der Waals surface area contributed by atoms with E-state index in [1.165, 1.54) is 0 Å². The third-order valence-corrected chi connectivity index (χ3v) is 1.32. The average molecular weight is 140 g/mol. The number of nitrogens with one attached hydrogen (secondary N) is 1. The zero-order valence-electron chi connectivity index (χ0n) is 5.16. The summed E-state index contributed by atoms with van der Waals surface area (Å²) in [7, 11) is 0. The van der Waals surface area contributed by atoms with Gasteiger partial charge >= 0.3 is 0 Å². The summed E-state index contributed by atoms with van der Waals surface area (Å²) in [5.41, 5.74) is 1.05. The van der Waals surface area contributed by atoms with Gasteiger partial charge in [0.25, 0.3) is 0 Å². The van der Waals surface area contributed by atoms with Gasteiger partial charge in [0.1, 0.15) is 0 Å². The molecule has 0 aliphatic heterocycles. The lowest BCUT2D eigenvalue weighted by molar-refractivity contribution is 1.33. The van der Waals surface area contributed by atoms with E-state index in [0.717, 1.165) is 5.69 Å². The highest BCUT2D eigenvalue weighted by Crippen LogP contribution is 2.06. The molecular formula is C6H8N2S. The first-order valence-electron chi connectivity index (χ1n) is 2.62. The molecule has 0 aliphatic carbocycles. The Balaban J connectivity index is 2.61. The zero-order valence-corrected chi connectivity index (χ0v) is 5.98. The maximum atomic E-state index is 3.93. The van der Waals surface area contributed by atoms with Crippen molar-refractivity contribution in [3.63, 3.8) is 0 Å². The van der Waals surface area contributed by atoms with E-state index >= 15 is 0 Å². The fourth-order valence-electron chi connectivity index (χ4n) is 0.541. The Kier molecular flexibility index (Phi) is 2.39. The van der Waals surface area contributed by atoms with Crippen LogP contribution in [0.4, 0.5) is 5.69 Å². The highest BCUT2D eigenvalue weighted by atomic mass is 32.2. The van der Waals surface area contributed by atoms with Crippen LogP contribution < -0.4 is 4.72 Å². The molecular weight excluding hydrogens is 132 g/mol. The second-order valence-electron chi connectivity index (χ2n) is 1.55. The Bertz CT molecular complexity index is 164. The van der Waals surface area contributed by atoms with Gasteiger partial charge in [-0.05, 0) is 12.1 Å². The van der Waals surface area contributed by atoms with Crippen molar-refractivity contribution in [3.05, 3.63) is 24.5 Å². The summed E-state index contributed by atoms with van der Waals surface area (Å²) in [6.07, 6.45) is 5.52. The van der Waals surface area contributed by atoms with Crippen molar-refractivity contribution in [1.29, 1.82) is 0 Å². The number of hydrogen-bond donors (Lipinski definition) is 1. The van der Waals surface area contributed by atoms with Crippen LogP contribution >= 0.6 is 11.9 Å². The molecule has 0 saturated heterocycles. The number of aromatic nitrogens is 1. The molecule has 1 rings (SSSR count). The molecule has 1 N–H and O–H groups in total. The molecule has 0 spiro atoms. The van der Waals surface area contributed by atoms with Gasteiger partial charge in [0, 0.05) is 12.5 Å². The van der Waals surface area contributed by atoms with Gasteiger partial charge in [-0.25, -0.2) is 0 Å². The Morgan fingerprint density at radius 2 is 2.56 bits per heavy atom. The minimum atomic E-state index is 1.05. The quantitative estimate of drug-likeness (QED) is 0.634. The first-order valence-corrected chi connectivity index (χ1v) is 3.85. The second-order valence-corrected chi connectivity index (χ2v) is 2.16. The van der Waals surface area contributed by atoms with Crippen LogP contribution in [0.5, 0.6) is 0 Å². The van der Waals surface area contributed by atoms with E-state index in [9.17, 15) is 0 Å². The normalized spacial score (nSPS) is 9.00. The Morgan fingerprint density at radius 3 is 3.11 bits per heavy atom. The minimum Gasteiger partial charge on any atom is -0.329 e. The smallest absolute Gasteiger partial charge is 0.0625 e. The zero-order chi connectivity index (χ0) is 6.53. The second kappa shape index (κ2) is 3.35. The molecule has 3 heteroatoms. The van der Waals surface area contributed by atoms with Gasteiger partial charge < -0.3 is 4.72 Å². The van der Waals surface area contributed by atoms with Crippen molar-refractivity contribution < 1.29 is 0 Å². The van der Waals surface area contributed by atoms with E-state index in [4.69, 9.17) is 0 Å². The van der Waals surface area contributed by atoms with Gasteiger partial charge in [0.2, 0.25) is 0 Å². The monoisotopic (exact) mass is 140 g/mol. The number of pyridine rings is 1. The van der Waals surface area contributed by atoms with Crippen LogP contribution in [0, 0.1) is 0 Å². The first-order chi connectivity index (χ1) is 4.43. The molecule has 0 saturated carbocycles. The fraction of sp³-hybridized carbons (Fsp3) is 0.167. The summed E-state index contributed by atoms with van der Waals surface area (Å²) in [5, 5.41) is 0. The van der Waals surface area contributed by atoms with Gasteiger partial charge in [0.05, 0.1) is 11.9 Å². The Morgan fingerprint density at radius 1 is 1.67 bits per heavy atom. The molecule has 0 fully saturated rings. The SMILES string of the molecule is CSNc1cccnc1. The van der Waals surface area contributed by atoms with E-state index in [1.807, 2.05) is 18.4 Å². The summed E-state index contributed by atoms with van der Waals surface area (Å²) in [6.45, 7) is 0. The highest BCUT2D eigenvalue weighted by Gasteiger charge is 1.83. The van der Waals surface area contributed by atoms with Crippen molar-refractivity contribution in [2.24, 2.45) is 0 Å². The molecule has 2 nitrogen and oxygen atoms in total. The van der Waals surface area contributed by atoms with Gasteiger partial charge in [-0.2, -0.15) is 0 Å². The van der Waals surface area contributed by atoms with Crippen LogP contribution in [0.15, 0.2) is 24.5 Å². The van der Waals surface area contributed by atoms with Crippen LogP contribution in [0.3, 0.4) is 0 Å². The highest BCUT2D eigenvalue weighted by molar-refractivity contribution is 7.99. The Labute approximate surface area is 58.8 Å². The predicted octanol–water partition coefficient (Wildman–Crippen LogP) is 1.77. The van der Waals surface area contributed by atoms with E-state index in [-0.39, 0.29) is 0 Å². The maximum absolute atomic E-state index is 3.93. The van der Waals surface area contributed by atoms with Gasteiger partial charge in [-0.1, -0.05) is 11.9 Å². The maximum Gasteiger partial charge on any atom is 0.0625 e. The van der Waals surface area contributed by atoms with Crippen molar-refractivity contribution in [1.82, 2.24) is 4.98 Å². The molecule has 9 heavy (non-hydrogen) atoms. The number of rotatable bonds is 2. The summed E-state index contributed by atoms with van der Waals surface area (Å²) in [4.78, 5) is 3.93. The molecule has 0 unspecified atom stereocenters. The lowest BCUT2D eigenvalue weighted by Gasteiger charge is -1.97. The minimum absolute atomic E-state index is 1.05. The molecule has 48 valence electrons. The van der Waals surface area contributed by atoms with E-state index < -0.39 is 0 Å². The molecule has 1 aromatic rings. The largest absolute Gasteiger partial charge is 0.329 e. The number of anilines is 1. The molecule has 0 atom stereocenters.